The van der Waals surface area contributed by atoms with E-state index in [9.17, 15) is 0 Å². The molecule has 0 heterocycles. The molecule has 2 aromatic carbocycles. The summed E-state index contributed by atoms with van der Waals surface area (Å²) >= 11 is 0. The molecule has 0 saturated carbocycles. The Bertz CT molecular complexity index is 474. The summed E-state index contributed by atoms with van der Waals surface area (Å²) in [7, 11) is 0. The Morgan fingerprint density at radius 2 is 2.00 bits per heavy atom. The maximum atomic E-state index is 3.46. The Labute approximate surface area is 97.5 Å². The smallest absolute Gasteiger partial charge is 0.0346 e. The molecule has 1 heteroatoms. The maximum absolute atomic E-state index is 3.46. The lowest BCUT2D eigenvalue weighted by atomic mass is 10.1. The number of nitrogens with one attached hydrogen (secondary N) is 1. The van der Waals surface area contributed by atoms with Gasteiger partial charge in [0.1, 0.15) is 0 Å². The van der Waals surface area contributed by atoms with E-state index < -0.39 is 0 Å². The van der Waals surface area contributed by atoms with Gasteiger partial charge in [-0.25, -0.2) is 0 Å². The molecule has 0 aromatic heterocycles. The van der Waals surface area contributed by atoms with Crippen molar-refractivity contribution in [2.24, 2.45) is 0 Å². The molecular weight excluding hydrogens is 194 g/mol. The van der Waals surface area contributed by atoms with Crippen LogP contribution in [0.4, 0.5) is 5.69 Å². The summed E-state index contributed by atoms with van der Waals surface area (Å²) < 4.78 is 0. The summed E-state index contributed by atoms with van der Waals surface area (Å²) in [6.45, 7) is 5.44. The molecule has 2 aromatic rings. The Kier molecular flexibility index (Phi) is 3.45. The van der Waals surface area contributed by atoms with Crippen molar-refractivity contribution in [3.05, 3.63) is 42.0 Å². The van der Waals surface area contributed by atoms with E-state index in [0.717, 1.165) is 6.54 Å². The minimum absolute atomic E-state index is 1.06. The fraction of sp³-hybridized carbons (Fsp3) is 0.333. The fourth-order valence-electron chi connectivity index (χ4n) is 1.97. The molecule has 0 atom stereocenters. The zero-order chi connectivity index (χ0) is 11.4. The quantitative estimate of drug-likeness (QED) is 0.744. The third-order valence-corrected chi connectivity index (χ3v) is 2.96. The van der Waals surface area contributed by atoms with E-state index in [-0.39, 0.29) is 0 Å². The predicted octanol–water partition coefficient (Wildman–Crippen LogP) is 4.36. The molecule has 0 unspecified atom stereocenters. The van der Waals surface area contributed by atoms with Crippen LogP contribution in [-0.4, -0.2) is 6.54 Å². The van der Waals surface area contributed by atoms with Crippen LogP contribution in [0, 0.1) is 6.92 Å². The molecular formula is C15H19N. The van der Waals surface area contributed by atoms with E-state index in [2.05, 4.69) is 55.6 Å². The van der Waals surface area contributed by atoms with Gasteiger partial charge in [-0.3, -0.25) is 0 Å². The average molecular weight is 213 g/mol. The predicted molar refractivity (Wildman–Crippen MR) is 72.1 cm³/mol. The number of rotatable bonds is 4. The Morgan fingerprint density at radius 1 is 1.12 bits per heavy atom. The zero-order valence-corrected chi connectivity index (χ0v) is 10.1. The largest absolute Gasteiger partial charge is 0.385 e. The van der Waals surface area contributed by atoms with Gasteiger partial charge >= 0.3 is 0 Å². The summed E-state index contributed by atoms with van der Waals surface area (Å²) in [4.78, 5) is 0. The lowest BCUT2D eigenvalue weighted by Gasteiger charge is -2.08. The summed E-state index contributed by atoms with van der Waals surface area (Å²) in [5.41, 5.74) is 2.57. The lowest BCUT2D eigenvalue weighted by Crippen LogP contribution is -2.00. The fourth-order valence-corrected chi connectivity index (χ4v) is 1.97. The number of unbranched alkanes of at least 4 members (excludes halogenated alkanes) is 1. The van der Waals surface area contributed by atoms with E-state index in [1.54, 1.807) is 0 Å². The summed E-state index contributed by atoms with van der Waals surface area (Å²) in [5, 5.41) is 6.13. The number of hydrogen-bond donors (Lipinski definition) is 1. The van der Waals surface area contributed by atoms with Crippen molar-refractivity contribution in [1.82, 2.24) is 0 Å². The molecule has 0 aliphatic heterocycles. The molecule has 0 bridgehead atoms. The van der Waals surface area contributed by atoms with Crippen molar-refractivity contribution in [2.45, 2.75) is 26.7 Å². The highest BCUT2D eigenvalue weighted by Gasteiger charge is 1.97. The summed E-state index contributed by atoms with van der Waals surface area (Å²) in [6.07, 6.45) is 2.46. The van der Waals surface area contributed by atoms with Crippen LogP contribution in [0.1, 0.15) is 25.3 Å². The topological polar surface area (TPSA) is 12.0 Å². The molecule has 84 valence electrons. The van der Waals surface area contributed by atoms with Crippen LogP contribution in [0.3, 0.4) is 0 Å². The third-order valence-electron chi connectivity index (χ3n) is 2.96. The minimum atomic E-state index is 1.06. The highest BCUT2D eigenvalue weighted by molar-refractivity contribution is 5.88. The average Bonchev–Trinajstić information content (AvgIpc) is 2.30. The van der Waals surface area contributed by atoms with Crippen molar-refractivity contribution in [2.75, 3.05) is 11.9 Å². The van der Waals surface area contributed by atoms with Gasteiger partial charge in [0, 0.05) is 12.2 Å². The van der Waals surface area contributed by atoms with E-state index in [1.807, 2.05) is 0 Å². The van der Waals surface area contributed by atoms with Crippen LogP contribution in [0.5, 0.6) is 0 Å². The second-order valence-corrected chi connectivity index (χ2v) is 4.29. The van der Waals surface area contributed by atoms with Crippen molar-refractivity contribution < 1.29 is 0 Å². The summed E-state index contributed by atoms with van der Waals surface area (Å²) in [5.74, 6) is 0. The van der Waals surface area contributed by atoms with Gasteiger partial charge < -0.3 is 5.32 Å². The second kappa shape index (κ2) is 5.02. The molecule has 0 fully saturated rings. The monoisotopic (exact) mass is 213 g/mol. The van der Waals surface area contributed by atoms with Crippen molar-refractivity contribution in [3.8, 4) is 0 Å². The molecule has 0 aliphatic carbocycles. The van der Waals surface area contributed by atoms with Gasteiger partial charge in [-0.1, -0.05) is 37.6 Å². The van der Waals surface area contributed by atoms with Gasteiger partial charge in [-0.15, -0.1) is 0 Å². The first-order valence-corrected chi connectivity index (χ1v) is 6.04. The van der Waals surface area contributed by atoms with Gasteiger partial charge in [-0.2, -0.15) is 0 Å². The summed E-state index contributed by atoms with van der Waals surface area (Å²) in [6, 6.07) is 13.1. The van der Waals surface area contributed by atoms with Gasteiger partial charge in [0.25, 0.3) is 0 Å². The molecule has 0 amide bonds. The number of aryl methyl sites for hydroxylation is 1. The Morgan fingerprint density at radius 3 is 2.81 bits per heavy atom. The van der Waals surface area contributed by atoms with E-state index in [1.165, 1.54) is 34.9 Å². The molecule has 16 heavy (non-hydrogen) atoms. The standard InChI is InChI=1S/C15H19N/c1-3-4-10-16-14-8-9-15-12(2)6-5-7-13(15)11-14/h5-9,11,16H,3-4,10H2,1-2H3. The van der Waals surface area contributed by atoms with E-state index >= 15 is 0 Å². The first-order valence-electron chi connectivity index (χ1n) is 6.04. The van der Waals surface area contributed by atoms with Gasteiger partial charge in [0.15, 0.2) is 0 Å². The van der Waals surface area contributed by atoms with E-state index in [0.29, 0.717) is 0 Å². The molecule has 0 radical (unpaired) electrons. The van der Waals surface area contributed by atoms with Crippen LogP contribution < -0.4 is 5.32 Å². The number of hydrogen-bond acceptors (Lipinski definition) is 1. The number of fused-ring (bicyclic) bond motifs is 1. The highest BCUT2D eigenvalue weighted by atomic mass is 14.9. The third kappa shape index (κ3) is 2.35. The normalized spacial score (nSPS) is 10.6. The van der Waals surface area contributed by atoms with Crippen LogP contribution >= 0.6 is 0 Å². The minimum Gasteiger partial charge on any atom is -0.385 e. The number of benzene rings is 2. The number of anilines is 1. The SMILES string of the molecule is CCCCNc1ccc2c(C)cccc2c1. The van der Waals surface area contributed by atoms with Crippen molar-refractivity contribution >= 4 is 16.5 Å². The Hall–Kier alpha value is -1.50. The van der Waals surface area contributed by atoms with Crippen LogP contribution in [0.15, 0.2) is 36.4 Å². The van der Waals surface area contributed by atoms with Gasteiger partial charge in [0.05, 0.1) is 0 Å². The molecule has 0 spiro atoms. The molecule has 2 rings (SSSR count). The van der Waals surface area contributed by atoms with Crippen LogP contribution in [0.25, 0.3) is 10.8 Å². The highest BCUT2D eigenvalue weighted by Crippen LogP contribution is 2.21. The van der Waals surface area contributed by atoms with Gasteiger partial charge in [0.2, 0.25) is 0 Å². The first kappa shape index (κ1) is 11.0. The molecule has 1 N–H and O–H groups in total. The maximum Gasteiger partial charge on any atom is 0.0346 e. The van der Waals surface area contributed by atoms with Crippen LogP contribution in [-0.2, 0) is 0 Å². The lowest BCUT2D eigenvalue weighted by molar-refractivity contribution is 0.834. The first-order chi connectivity index (χ1) is 7.81. The van der Waals surface area contributed by atoms with Crippen molar-refractivity contribution in [3.63, 3.8) is 0 Å². The van der Waals surface area contributed by atoms with Crippen LogP contribution in [0.2, 0.25) is 0 Å². The molecule has 1 nitrogen and oxygen atoms in total. The molecule has 0 aliphatic rings. The second-order valence-electron chi connectivity index (χ2n) is 4.29. The van der Waals surface area contributed by atoms with Crippen molar-refractivity contribution in [1.29, 1.82) is 0 Å². The van der Waals surface area contributed by atoms with Gasteiger partial charge in [-0.05, 0) is 41.8 Å². The Balaban J connectivity index is 2.23. The van der Waals surface area contributed by atoms with E-state index in [4.69, 9.17) is 0 Å². The zero-order valence-electron chi connectivity index (χ0n) is 10.1. The molecule has 0 saturated heterocycles.